The van der Waals surface area contributed by atoms with Crippen molar-refractivity contribution >= 4 is 32.9 Å². The quantitative estimate of drug-likeness (QED) is 0.382. The van der Waals surface area contributed by atoms with Gasteiger partial charge in [0.2, 0.25) is 0 Å². The Kier molecular flexibility index (Phi) is 4.00. The first-order chi connectivity index (χ1) is 13.6. The molecular formula is C25H19N2S. The van der Waals surface area contributed by atoms with Gasteiger partial charge in [0.05, 0.1) is 21.6 Å². The van der Waals surface area contributed by atoms with Crippen LogP contribution >= 0.6 is 11.3 Å². The number of aromatic nitrogens is 1. The van der Waals surface area contributed by atoms with Gasteiger partial charge in [0.25, 0.3) is 0 Å². The number of fused-ring (bicyclic) bond motifs is 2. The fourth-order valence-electron chi connectivity index (χ4n) is 3.84. The molecule has 1 aromatic heterocycles. The molecule has 5 rings (SSSR count). The minimum Gasteiger partial charge on any atom is -0.317 e. The van der Waals surface area contributed by atoms with Crippen LogP contribution in [0.15, 0.2) is 90.4 Å². The molecule has 4 aromatic carbocycles. The van der Waals surface area contributed by atoms with Crippen molar-refractivity contribution in [2.45, 2.75) is 5.54 Å². The first-order valence-corrected chi connectivity index (χ1v) is 10.1. The normalized spacial score (nSPS) is 13.6. The van der Waals surface area contributed by atoms with E-state index in [1.54, 1.807) is 11.3 Å². The highest BCUT2D eigenvalue weighted by Crippen LogP contribution is 2.39. The summed E-state index contributed by atoms with van der Waals surface area (Å²) in [6.45, 7) is 4.45. The van der Waals surface area contributed by atoms with E-state index >= 15 is 0 Å². The number of nitrogens with two attached hydrogens (primary N) is 1. The lowest BCUT2D eigenvalue weighted by Crippen LogP contribution is -2.34. The van der Waals surface area contributed by atoms with Crippen LogP contribution in [0.4, 0.5) is 0 Å². The van der Waals surface area contributed by atoms with E-state index in [0.29, 0.717) is 0 Å². The molecular weight excluding hydrogens is 360 g/mol. The zero-order valence-electron chi connectivity index (χ0n) is 15.3. The summed E-state index contributed by atoms with van der Waals surface area (Å²) in [6, 6.07) is 29.3. The molecule has 1 unspecified atom stereocenters. The zero-order valence-corrected chi connectivity index (χ0v) is 16.1. The van der Waals surface area contributed by atoms with Gasteiger partial charge in [0.1, 0.15) is 0 Å². The number of rotatable bonds is 3. The van der Waals surface area contributed by atoms with Crippen molar-refractivity contribution in [3.8, 4) is 11.3 Å². The molecule has 135 valence electrons. The van der Waals surface area contributed by atoms with Crippen LogP contribution in [0.25, 0.3) is 32.8 Å². The lowest BCUT2D eigenvalue weighted by molar-refractivity contribution is 0.699. The predicted octanol–water partition coefficient (Wildman–Crippen LogP) is 6.15. The third-order valence-electron chi connectivity index (χ3n) is 5.25. The fraction of sp³-hybridized carbons (Fsp3) is 0.0400. The molecule has 0 spiro atoms. The molecule has 2 nitrogen and oxygen atoms in total. The van der Waals surface area contributed by atoms with Crippen LogP contribution in [0.5, 0.6) is 0 Å². The highest BCUT2D eigenvalue weighted by atomic mass is 32.1. The van der Waals surface area contributed by atoms with E-state index in [2.05, 4.69) is 78.6 Å². The third kappa shape index (κ3) is 2.71. The molecule has 1 heterocycles. The van der Waals surface area contributed by atoms with E-state index in [1.807, 2.05) is 23.7 Å². The van der Waals surface area contributed by atoms with Gasteiger partial charge in [-0.25, -0.2) is 4.98 Å². The molecule has 0 amide bonds. The number of hydrogen-bond acceptors (Lipinski definition) is 3. The van der Waals surface area contributed by atoms with Crippen molar-refractivity contribution in [1.82, 2.24) is 4.98 Å². The summed E-state index contributed by atoms with van der Waals surface area (Å²) in [5, 5.41) is 4.72. The first kappa shape index (κ1) is 17.1. The summed E-state index contributed by atoms with van der Waals surface area (Å²) in [4.78, 5) is 5.58. The Morgan fingerprint density at radius 3 is 2.25 bits per heavy atom. The van der Waals surface area contributed by atoms with Crippen molar-refractivity contribution in [2.75, 3.05) is 0 Å². The molecule has 0 aliphatic rings. The number of thiazole rings is 1. The second-order valence-corrected chi connectivity index (χ2v) is 7.95. The van der Waals surface area contributed by atoms with Crippen molar-refractivity contribution in [3.63, 3.8) is 0 Å². The molecule has 0 fully saturated rings. The lowest BCUT2D eigenvalue weighted by Gasteiger charge is -2.27. The third-order valence-corrected chi connectivity index (χ3v) is 6.25. The van der Waals surface area contributed by atoms with Gasteiger partial charge in [0, 0.05) is 5.56 Å². The lowest BCUT2D eigenvalue weighted by atomic mass is 9.85. The Morgan fingerprint density at radius 1 is 0.786 bits per heavy atom. The summed E-state index contributed by atoms with van der Waals surface area (Å²) >= 11 is 1.56. The molecule has 2 N–H and O–H groups in total. The van der Waals surface area contributed by atoms with Crippen molar-refractivity contribution in [3.05, 3.63) is 108 Å². The van der Waals surface area contributed by atoms with Gasteiger partial charge < -0.3 is 5.73 Å². The first-order valence-electron chi connectivity index (χ1n) is 9.20. The molecule has 1 radical (unpaired) electrons. The number of benzene rings is 4. The summed E-state index contributed by atoms with van der Waals surface area (Å²) in [7, 11) is 0. The zero-order chi connectivity index (χ0) is 19.1. The van der Waals surface area contributed by atoms with Crippen molar-refractivity contribution in [2.24, 2.45) is 5.73 Å². The summed E-state index contributed by atoms with van der Waals surface area (Å²) < 4.78 is 0. The van der Waals surface area contributed by atoms with Crippen LogP contribution in [0, 0.1) is 6.92 Å². The fourth-order valence-corrected chi connectivity index (χ4v) is 4.71. The van der Waals surface area contributed by atoms with Gasteiger partial charge in [-0.2, -0.15) is 0 Å². The van der Waals surface area contributed by atoms with E-state index in [4.69, 9.17) is 5.73 Å². The maximum Gasteiger partial charge on any atom is 0.0865 e. The van der Waals surface area contributed by atoms with Gasteiger partial charge in [-0.15, -0.1) is 11.3 Å². The van der Waals surface area contributed by atoms with Gasteiger partial charge in [-0.3, -0.25) is 0 Å². The monoisotopic (exact) mass is 379 g/mol. The Morgan fingerprint density at radius 2 is 1.46 bits per heavy atom. The van der Waals surface area contributed by atoms with E-state index in [9.17, 15) is 0 Å². The van der Waals surface area contributed by atoms with Crippen LogP contribution in [-0.2, 0) is 5.54 Å². The highest BCUT2D eigenvalue weighted by Gasteiger charge is 2.31. The smallest absolute Gasteiger partial charge is 0.0865 e. The van der Waals surface area contributed by atoms with Crippen LogP contribution in [0.3, 0.4) is 0 Å². The van der Waals surface area contributed by atoms with E-state index in [0.717, 1.165) is 27.1 Å². The summed E-state index contributed by atoms with van der Waals surface area (Å²) in [5.41, 5.74) is 10.8. The maximum absolute atomic E-state index is 6.91. The molecule has 1 atom stereocenters. The SMILES string of the molecule is [CH2]C(N)(c1scnc1-c1ccccc1)c1cccc2cc3ccccc3cc12. The maximum atomic E-state index is 6.91. The second kappa shape index (κ2) is 6.55. The van der Waals surface area contributed by atoms with E-state index in [-0.39, 0.29) is 0 Å². The molecule has 28 heavy (non-hydrogen) atoms. The number of hydrogen-bond donors (Lipinski definition) is 1. The van der Waals surface area contributed by atoms with Gasteiger partial charge in [-0.05, 0) is 46.2 Å². The van der Waals surface area contributed by atoms with E-state index in [1.165, 1.54) is 16.2 Å². The van der Waals surface area contributed by atoms with Crippen molar-refractivity contribution in [1.29, 1.82) is 0 Å². The van der Waals surface area contributed by atoms with Gasteiger partial charge in [0.15, 0.2) is 0 Å². The van der Waals surface area contributed by atoms with Gasteiger partial charge in [-0.1, -0.05) is 72.8 Å². The Bertz CT molecular complexity index is 1290. The summed E-state index contributed by atoms with van der Waals surface area (Å²) in [6.07, 6.45) is 0. The molecule has 0 aliphatic carbocycles. The average Bonchev–Trinajstić information content (AvgIpc) is 3.23. The Balaban J connectivity index is 1.74. The standard InChI is InChI=1S/C25H19N2S/c1-25(26,24-23(27-16-28-24)17-8-3-2-4-9-17)22-13-7-12-20-14-18-10-5-6-11-19(18)15-21(20)22/h2-16H,1,26H2. The molecule has 0 aliphatic heterocycles. The molecule has 3 heteroatoms. The number of nitrogens with zero attached hydrogens (tertiary/aromatic N) is 1. The Labute approximate surface area is 168 Å². The minimum absolute atomic E-state index is 0.895. The van der Waals surface area contributed by atoms with E-state index < -0.39 is 5.54 Å². The minimum atomic E-state index is -0.895. The predicted molar refractivity (Wildman–Crippen MR) is 119 cm³/mol. The van der Waals surface area contributed by atoms with Crippen LogP contribution in [0.2, 0.25) is 0 Å². The average molecular weight is 380 g/mol. The van der Waals surface area contributed by atoms with Crippen LogP contribution in [-0.4, -0.2) is 4.98 Å². The molecule has 0 saturated heterocycles. The largest absolute Gasteiger partial charge is 0.317 e. The molecule has 0 saturated carbocycles. The summed E-state index contributed by atoms with van der Waals surface area (Å²) in [5.74, 6) is 0. The molecule has 0 bridgehead atoms. The van der Waals surface area contributed by atoms with Crippen LogP contribution in [0.1, 0.15) is 10.4 Å². The van der Waals surface area contributed by atoms with Gasteiger partial charge >= 0.3 is 0 Å². The highest BCUT2D eigenvalue weighted by molar-refractivity contribution is 7.10. The molecule has 5 aromatic rings. The van der Waals surface area contributed by atoms with Crippen molar-refractivity contribution < 1.29 is 0 Å². The van der Waals surface area contributed by atoms with Crippen LogP contribution < -0.4 is 5.73 Å². The second-order valence-electron chi connectivity index (χ2n) is 7.09. The Hall–Kier alpha value is -3.01. The topological polar surface area (TPSA) is 38.9 Å².